The molecule has 1 atom stereocenters. The maximum atomic E-state index is 5.71. The lowest BCUT2D eigenvalue weighted by molar-refractivity contribution is 0.336. The number of ether oxygens (including phenoxy) is 1. The quantitative estimate of drug-likeness (QED) is 0.874. The molecule has 0 amide bonds. The van der Waals surface area contributed by atoms with Crippen LogP contribution >= 0.6 is 0 Å². The Kier molecular flexibility index (Phi) is 4.44. The second-order valence-electron chi connectivity index (χ2n) is 5.62. The van der Waals surface area contributed by atoms with E-state index in [0.717, 1.165) is 25.2 Å². The van der Waals surface area contributed by atoms with Gasteiger partial charge in [0.05, 0.1) is 6.61 Å². The Morgan fingerprint density at radius 1 is 1.10 bits per heavy atom. The third-order valence-corrected chi connectivity index (χ3v) is 4.17. The van der Waals surface area contributed by atoms with Crippen molar-refractivity contribution in [2.75, 3.05) is 11.9 Å². The highest BCUT2D eigenvalue weighted by Gasteiger charge is 2.17. The van der Waals surface area contributed by atoms with Gasteiger partial charge in [0.2, 0.25) is 0 Å². The minimum absolute atomic E-state index is 0.564. The van der Waals surface area contributed by atoms with Crippen LogP contribution in [-0.2, 0) is 12.8 Å². The van der Waals surface area contributed by atoms with Gasteiger partial charge in [0, 0.05) is 11.7 Å². The fourth-order valence-electron chi connectivity index (χ4n) is 3.05. The van der Waals surface area contributed by atoms with E-state index in [4.69, 9.17) is 4.74 Å². The summed E-state index contributed by atoms with van der Waals surface area (Å²) in [7, 11) is 0. The Morgan fingerprint density at radius 2 is 1.90 bits per heavy atom. The average molecular weight is 281 g/mol. The smallest absolute Gasteiger partial charge is 0.122 e. The molecule has 0 spiro atoms. The summed E-state index contributed by atoms with van der Waals surface area (Å²) in [6.45, 7) is 2.77. The molecule has 0 aromatic heterocycles. The Balaban J connectivity index is 1.62. The van der Waals surface area contributed by atoms with Gasteiger partial charge in [-0.15, -0.1) is 0 Å². The van der Waals surface area contributed by atoms with Crippen molar-refractivity contribution in [1.82, 2.24) is 0 Å². The molecular weight excluding hydrogens is 258 g/mol. The van der Waals surface area contributed by atoms with Gasteiger partial charge in [-0.1, -0.05) is 36.4 Å². The zero-order valence-corrected chi connectivity index (χ0v) is 12.6. The minimum atomic E-state index is 0.564. The summed E-state index contributed by atoms with van der Waals surface area (Å²) < 4.78 is 5.71. The topological polar surface area (TPSA) is 21.3 Å². The molecule has 0 bridgehead atoms. The zero-order chi connectivity index (χ0) is 14.5. The summed E-state index contributed by atoms with van der Waals surface area (Å²) in [6.07, 6.45) is 4.61. The molecule has 0 fully saturated rings. The number of hydrogen-bond acceptors (Lipinski definition) is 2. The standard InChI is InChI=1S/C19H23NO/c1-2-21-19-10-6-4-8-16(19)12-14-17-13-11-15-7-3-5-9-18(15)20-17/h3-10,17,20H,2,11-14H2,1H3. The van der Waals surface area contributed by atoms with Crippen molar-refractivity contribution in [3.63, 3.8) is 0 Å². The van der Waals surface area contributed by atoms with Crippen LogP contribution in [0, 0.1) is 0 Å². The molecule has 0 saturated heterocycles. The molecule has 0 radical (unpaired) electrons. The molecule has 0 aliphatic carbocycles. The van der Waals surface area contributed by atoms with E-state index in [1.54, 1.807) is 0 Å². The molecule has 110 valence electrons. The zero-order valence-electron chi connectivity index (χ0n) is 12.6. The number of nitrogens with one attached hydrogen (secondary N) is 1. The normalized spacial score (nSPS) is 16.9. The predicted octanol–water partition coefficient (Wildman–Crippen LogP) is 4.44. The van der Waals surface area contributed by atoms with Gasteiger partial charge in [-0.3, -0.25) is 0 Å². The van der Waals surface area contributed by atoms with Crippen molar-refractivity contribution in [2.24, 2.45) is 0 Å². The molecule has 21 heavy (non-hydrogen) atoms. The van der Waals surface area contributed by atoms with Gasteiger partial charge in [0.15, 0.2) is 0 Å². The van der Waals surface area contributed by atoms with Crippen molar-refractivity contribution < 1.29 is 4.74 Å². The van der Waals surface area contributed by atoms with Crippen molar-refractivity contribution in [1.29, 1.82) is 0 Å². The van der Waals surface area contributed by atoms with Gasteiger partial charge in [0.25, 0.3) is 0 Å². The van der Waals surface area contributed by atoms with Crippen LogP contribution < -0.4 is 10.1 Å². The molecule has 2 nitrogen and oxygen atoms in total. The lowest BCUT2D eigenvalue weighted by atomic mass is 9.94. The van der Waals surface area contributed by atoms with E-state index >= 15 is 0 Å². The maximum absolute atomic E-state index is 5.71. The average Bonchev–Trinajstić information content (AvgIpc) is 2.54. The molecule has 2 aromatic carbocycles. The van der Waals surface area contributed by atoms with Crippen molar-refractivity contribution in [3.05, 3.63) is 59.7 Å². The maximum Gasteiger partial charge on any atom is 0.122 e. The second-order valence-corrected chi connectivity index (χ2v) is 5.62. The van der Waals surface area contributed by atoms with E-state index in [1.807, 2.05) is 13.0 Å². The highest BCUT2D eigenvalue weighted by Crippen LogP contribution is 2.27. The van der Waals surface area contributed by atoms with E-state index in [9.17, 15) is 0 Å². The van der Waals surface area contributed by atoms with Crippen LogP contribution in [0.15, 0.2) is 48.5 Å². The summed E-state index contributed by atoms with van der Waals surface area (Å²) in [6, 6.07) is 17.6. The number of hydrogen-bond donors (Lipinski definition) is 1. The monoisotopic (exact) mass is 281 g/mol. The Labute approximate surface area is 127 Å². The van der Waals surface area contributed by atoms with Crippen LogP contribution in [0.25, 0.3) is 0 Å². The first-order valence-electron chi connectivity index (χ1n) is 7.92. The van der Waals surface area contributed by atoms with Gasteiger partial charge in [0.1, 0.15) is 5.75 Å². The number of aryl methyl sites for hydroxylation is 2. The molecular formula is C19H23NO. The number of benzene rings is 2. The van der Waals surface area contributed by atoms with Crippen molar-refractivity contribution in [2.45, 2.75) is 38.6 Å². The fraction of sp³-hybridized carbons (Fsp3) is 0.368. The number of fused-ring (bicyclic) bond motifs is 1. The van der Waals surface area contributed by atoms with Crippen LogP contribution in [0.5, 0.6) is 5.75 Å². The van der Waals surface area contributed by atoms with Crippen LogP contribution in [0.2, 0.25) is 0 Å². The van der Waals surface area contributed by atoms with E-state index in [0.29, 0.717) is 6.04 Å². The van der Waals surface area contributed by atoms with Gasteiger partial charge >= 0.3 is 0 Å². The van der Waals surface area contributed by atoms with E-state index < -0.39 is 0 Å². The summed E-state index contributed by atoms with van der Waals surface area (Å²) in [5, 5.41) is 3.68. The number of anilines is 1. The van der Waals surface area contributed by atoms with Crippen LogP contribution in [0.4, 0.5) is 5.69 Å². The first-order valence-corrected chi connectivity index (χ1v) is 7.92. The SMILES string of the molecule is CCOc1ccccc1CCC1CCc2ccccc2N1. The predicted molar refractivity (Wildman–Crippen MR) is 88.1 cm³/mol. The van der Waals surface area contributed by atoms with Crippen LogP contribution in [0.1, 0.15) is 30.9 Å². The molecule has 0 saturated carbocycles. The highest BCUT2D eigenvalue weighted by molar-refractivity contribution is 5.53. The second kappa shape index (κ2) is 6.66. The molecule has 3 rings (SSSR count). The molecule has 2 aromatic rings. The summed E-state index contributed by atoms with van der Waals surface area (Å²) in [4.78, 5) is 0. The lowest BCUT2D eigenvalue weighted by Crippen LogP contribution is -2.25. The van der Waals surface area contributed by atoms with E-state index in [2.05, 4.69) is 47.8 Å². The fourth-order valence-corrected chi connectivity index (χ4v) is 3.05. The Bertz CT molecular complexity index is 594. The van der Waals surface area contributed by atoms with E-state index in [-0.39, 0.29) is 0 Å². The molecule has 1 aliphatic rings. The Hall–Kier alpha value is -1.96. The van der Waals surface area contributed by atoms with E-state index in [1.165, 1.54) is 29.7 Å². The van der Waals surface area contributed by atoms with Crippen LogP contribution in [0.3, 0.4) is 0 Å². The molecule has 1 unspecified atom stereocenters. The summed E-state index contributed by atoms with van der Waals surface area (Å²) >= 11 is 0. The van der Waals surface area contributed by atoms with Gasteiger partial charge < -0.3 is 10.1 Å². The number of rotatable bonds is 5. The number of para-hydroxylation sites is 2. The van der Waals surface area contributed by atoms with Crippen molar-refractivity contribution in [3.8, 4) is 5.75 Å². The van der Waals surface area contributed by atoms with Gasteiger partial charge in [-0.05, 0) is 55.9 Å². The first-order chi connectivity index (χ1) is 10.4. The molecule has 1 heterocycles. The molecule has 1 aliphatic heterocycles. The third kappa shape index (κ3) is 3.38. The van der Waals surface area contributed by atoms with Gasteiger partial charge in [-0.2, -0.15) is 0 Å². The Morgan fingerprint density at radius 3 is 2.81 bits per heavy atom. The molecule has 2 heteroatoms. The third-order valence-electron chi connectivity index (χ3n) is 4.17. The van der Waals surface area contributed by atoms with Crippen molar-refractivity contribution >= 4 is 5.69 Å². The summed E-state index contributed by atoms with van der Waals surface area (Å²) in [5.41, 5.74) is 4.08. The van der Waals surface area contributed by atoms with Crippen LogP contribution in [-0.4, -0.2) is 12.6 Å². The van der Waals surface area contributed by atoms with Gasteiger partial charge in [-0.25, -0.2) is 0 Å². The molecule has 1 N–H and O–H groups in total. The highest BCUT2D eigenvalue weighted by atomic mass is 16.5. The first kappa shape index (κ1) is 14.0. The lowest BCUT2D eigenvalue weighted by Gasteiger charge is -2.27. The minimum Gasteiger partial charge on any atom is -0.494 e. The summed E-state index contributed by atoms with van der Waals surface area (Å²) in [5.74, 6) is 1.04. The largest absolute Gasteiger partial charge is 0.494 e.